The maximum Gasteiger partial charge on any atom is 0.128 e. The van der Waals surface area contributed by atoms with Crippen molar-refractivity contribution in [2.75, 3.05) is 0 Å². The number of rotatable bonds is 6. The first-order valence-electron chi connectivity index (χ1n) is 17.1. The van der Waals surface area contributed by atoms with E-state index in [1.807, 2.05) is 24.5 Å². The van der Waals surface area contributed by atoms with Gasteiger partial charge in [0.25, 0.3) is 0 Å². The Morgan fingerprint density at radius 3 is 1.94 bits per heavy atom. The molecular weight excluding hydrogens is 609 g/mol. The number of fused-ring (bicyclic) bond motifs is 4. The van der Waals surface area contributed by atoms with Gasteiger partial charge >= 0.3 is 0 Å². The molecule has 8 aromatic rings. The van der Waals surface area contributed by atoms with Crippen LogP contribution in [0.3, 0.4) is 0 Å². The highest BCUT2D eigenvalue weighted by Crippen LogP contribution is 2.55. The highest BCUT2D eigenvalue weighted by Gasteiger charge is 2.47. The molecule has 0 atom stereocenters. The first-order chi connectivity index (χ1) is 24.6. The number of hydrogen-bond donors (Lipinski definition) is 0. The second-order valence-electron chi connectivity index (χ2n) is 13.1. The van der Waals surface area contributed by atoms with E-state index in [0.717, 1.165) is 50.3 Å². The van der Waals surface area contributed by atoms with Gasteiger partial charge in [-0.3, -0.25) is 9.97 Å². The maximum absolute atomic E-state index is 6.90. The van der Waals surface area contributed by atoms with Crippen LogP contribution in [-0.2, 0) is 5.41 Å². The zero-order valence-electron chi connectivity index (χ0n) is 28.0. The van der Waals surface area contributed by atoms with Gasteiger partial charge in [0.2, 0.25) is 0 Å². The topological polar surface area (TPSA) is 35.0 Å². The van der Waals surface area contributed by atoms with Gasteiger partial charge in [0.05, 0.1) is 16.8 Å². The molecular formula is C47H34N2O. The van der Waals surface area contributed by atoms with Crippen LogP contribution in [0.1, 0.15) is 33.5 Å². The lowest BCUT2D eigenvalue weighted by atomic mass is 9.70. The molecule has 3 nitrogen and oxygen atoms in total. The van der Waals surface area contributed by atoms with Crippen LogP contribution in [0, 0.1) is 13.8 Å². The zero-order chi connectivity index (χ0) is 33.7. The average molecular weight is 643 g/mol. The first kappa shape index (κ1) is 29.8. The Bertz CT molecular complexity index is 2480. The smallest absolute Gasteiger partial charge is 0.128 e. The number of benzene rings is 6. The van der Waals surface area contributed by atoms with Crippen molar-refractivity contribution in [1.82, 2.24) is 9.97 Å². The summed E-state index contributed by atoms with van der Waals surface area (Å²) in [7, 11) is 0. The molecule has 0 saturated heterocycles. The monoisotopic (exact) mass is 642 g/mol. The number of ether oxygens (including phenoxy) is 1. The third-order valence-corrected chi connectivity index (χ3v) is 10.1. The minimum atomic E-state index is -0.605. The lowest BCUT2D eigenvalue weighted by Crippen LogP contribution is -2.29. The third kappa shape index (κ3) is 4.74. The van der Waals surface area contributed by atoms with Gasteiger partial charge in [0.15, 0.2) is 0 Å². The minimum Gasteiger partial charge on any atom is -0.457 e. The number of pyridine rings is 2. The van der Waals surface area contributed by atoms with Gasteiger partial charge in [-0.05, 0) is 118 Å². The molecule has 0 unspecified atom stereocenters. The summed E-state index contributed by atoms with van der Waals surface area (Å²) in [4.78, 5) is 9.90. The van der Waals surface area contributed by atoms with E-state index in [1.165, 1.54) is 38.9 Å². The zero-order valence-corrected chi connectivity index (χ0v) is 28.0. The van der Waals surface area contributed by atoms with Gasteiger partial charge in [-0.2, -0.15) is 0 Å². The Labute approximate surface area is 292 Å². The van der Waals surface area contributed by atoms with Crippen LogP contribution in [0.25, 0.3) is 44.3 Å². The molecule has 1 aliphatic rings. The van der Waals surface area contributed by atoms with Gasteiger partial charge < -0.3 is 4.74 Å². The maximum atomic E-state index is 6.90. The lowest BCUT2D eigenvalue weighted by molar-refractivity contribution is 0.481. The largest absolute Gasteiger partial charge is 0.457 e. The summed E-state index contributed by atoms with van der Waals surface area (Å²) in [6.45, 7) is 4.34. The van der Waals surface area contributed by atoms with Crippen molar-refractivity contribution in [2.45, 2.75) is 19.3 Å². The Kier molecular flexibility index (Phi) is 7.14. The van der Waals surface area contributed by atoms with Crippen LogP contribution >= 0.6 is 0 Å². The molecule has 3 heteroatoms. The molecule has 50 heavy (non-hydrogen) atoms. The summed E-state index contributed by atoms with van der Waals surface area (Å²) in [6.07, 6.45) is 3.78. The van der Waals surface area contributed by atoms with Crippen molar-refractivity contribution in [1.29, 1.82) is 0 Å². The van der Waals surface area contributed by atoms with E-state index in [-0.39, 0.29) is 0 Å². The van der Waals surface area contributed by atoms with Crippen molar-refractivity contribution < 1.29 is 4.74 Å². The van der Waals surface area contributed by atoms with E-state index in [0.29, 0.717) is 0 Å². The molecule has 1 aliphatic carbocycles. The van der Waals surface area contributed by atoms with Crippen LogP contribution < -0.4 is 4.74 Å². The predicted octanol–water partition coefficient (Wildman–Crippen LogP) is 11.7. The van der Waals surface area contributed by atoms with Crippen molar-refractivity contribution in [3.8, 4) is 45.0 Å². The van der Waals surface area contributed by atoms with Crippen molar-refractivity contribution in [3.05, 3.63) is 204 Å². The van der Waals surface area contributed by atoms with Crippen molar-refractivity contribution in [3.63, 3.8) is 0 Å². The summed E-state index contributed by atoms with van der Waals surface area (Å²) in [6, 6.07) is 55.6. The van der Waals surface area contributed by atoms with E-state index < -0.39 is 5.41 Å². The minimum absolute atomic E-state index is 0.605. The molecule has 6 aromatic carbocycles. The van der Waals surface area contributed by atoms with Crippen LogP contribution in [-0.4, -0.2) is 9.97 Å². The van der Waals surface area contributed by atoms with Crippen LogP contribution in [0.2, 0.25) is 0 Å². The lowest BCUT2D eigenvalue weighted by Gasteiger charge is -2.32. The molecule has 0 spiro atoms. The molecule has 0 saturated carbocycles. The third-order valence-electron chi connectivity index (χ3n) is 10.1. The number of aryl methyl sites for hydroxylation is 2. The molecule has 2 aromatic heterocycles. The first-order valence-corrected chi connectivity index (χ1v) is 17.1. The normalized spacial score (nSPS) is 12.8. The Balaban J connectivity index is 1.23. The summed E-state index contributed by atoms with van der Waals surface area (Å²) in [5, 5.41) is 2.26. The van der Waals surface area contributed by atoms with E-state index in [9.17, 15) is 0 Å². The number of nitrogens with zero attached hydrogens (tertiary/aromatic N) is 2. The number of aromatic nitrogens is 2. The van der Waals surface area contributed by atoms with E-state index in [1.54, 1.807) is 0 Å². The van der Waals surface area contributed by atoms with Gasteiger partial charge in [-0.15, -0.1) is 0 Å². The van der Waals surface area contributed by atoms with Crippen LogP contribution in [0.5, 0.6) is 11.5 Å². The molecule has 2 heterocycles. The molecule has 0 aliphatic heterocycles. The molecule has 0 bridgehead atoms. The standard InChI is InChI=1S/C47H34N2O/c1-31-13-11-14-32(2)45(31)34-27-35(46-39-18-4-3-15-33(39)24-26-49-46)29-38(28-34)50-37-17-12-16-36(30-37)47(44-23-9-10-25-48-44)42-21-7-5-19-40(42)41-20-6-8-22-43(41)47/h3-30H,1-2H3. The van der Waals surface area contributed by atoms with Crippen molar-refractivity contribution >= 4 is 10.8 Å². The summed E-state index contributed by atoms with van der Waals surface area (Å²) >= 11 is 0. The van der Waals surface area contributed by atoms with Crippen LogP contribution in [0.15, 0.2) is 170 Å². The summed E-state index contributed by atoms with van der Waals surface area (Å²) < 4.78 is 6.90. The van der Waals surface area contributed by atoms with Gasteiger partial charge in [-0.25, -0.2) is 0 Å². The molecule has 0 amide bonds. The second-order valence-corrected chi connectivity index (χ2v) is 13.1. The van der Waals surface area contributed by atoms with Gasteiger partial charge in [0.1, 0.15) is 11.5 Å². The van der Waals surface area contributed by atoms with E-state index >= 15 is 0 Å². The van der Waals surface area contributed by atoms with Gasteiger partial charge in [0, 0.05) is 23.3 Å². The van der Waals surface area contributed by atoms with Crippen LogP contribution in [0.4, 0.5) is 0 Å². The Morgan fingerprint density at radius 2 is 1.18 bits per heavy atom. The summed E-state index contributed by atoms with van der Waals surface area (Å²) in [5.41, 5.74) is 13.1. The predicted molar refractivity (Wildman–Crippen MR) is 204 cm³/mol. The fourth-order valence-corrected chi connectivity index (χ4v) is 8.04. The molecule has 238 valence electrons. The highest BCUT2D eigenvalue weighted by atomic mass is 16.5. The average Bonchev–Trinajstić information content (AvgIpc) is 3.46. The second kappa shape index (κ2) is 12.0. The van der Waals surface area contributed by atoms with E-state index in [4.69, 9.17) is 14.7 Å². The Hall–Kier alpha value is -6.32. The fraction of sp³-hybridized carbons (Fsp3) is 0.0638. The highest BCUT2D eigenvalue weighted by molar-refractivity contribution is 5.95. The molecule has 9 rings (SSSR count). The molecule has 0 N–H and O–H groups in total. The Morgan fingerprint density at radius 1 is 0.500 bits per heavy atom. The fourth-order valence-electron chi connectivity index (χ4n) is 8.04. The van der Waals surface area contributed by atoms with E-state index in [2.05, 4.69) is 159 Å². The summed E-state index contributed by atoms with van der Waals surface area (Å²) in [5.74, 6) is 1.52. The SMILES string of the molecule is Cc1cccc(C)c1-c1cc(Oc2cccc(C3(c4ccccn4)c4ccccc4-c4ccccc43)c2)cc(-c2nccc3ccccc23)c1. The quantitative estimate of drug-likeness (QED) is 0.181. The number of hydrogen-bond acceptors (Lipinski definition) is 3. The molecule has 0 fully saturated rings. The van der Waals surface area contributed by atoms with Crippen molar-refractivity contribution in [2.24, 2.45) is 0 Å². The van der Waals surface area contributed by atoms with Gasteiger partial charge in [-0.1, -0.05) is 109 Å². The molecule has 0 radical (unpaired) electrons.